The Balaban J connectivity index is 2.21. The highest BCUT2D eigenvalue weighted by Crippen LogP contribution is 2.15. The summed E-state index contributed by atoms with van der Waals surface area (Å²) in [5.41, 5.74) is 0. The Morgan fingerprint density at radius 1 is 1.44 bits per heavy atom. The molecule has 0 aliphatic heterocycles. The van der Waals surface area contributed by atoms with Gasteiger partial charge in [-0.1, -0.05) is 11.6 Å². The third-order valence-electron chi connectivity index (χ3n) is 2.13. The van der Waals surface area contributed by atoms with Crippen molar-refractivity contribution >= 4 is 17.4 Å². The fourth-order valence-corrected chi connectivity index (χ4v) is 1.44. The molecule has 16 heavy (non-hydrogen) atoms. The van der Waals surface area contributed by atoms with Crippen LogP contribution in [-0.4, -0.2) is 25.2 Å². The van der Waals surface area contributed by atoms with Crippen LogP contribution in [0.25, 0.3) is 0 Å². The average molecular weight is 247 g/mol. The topological polar surface area (TPSA) is 34.1 Å². The molecule has 0 amide bonds. The second kappa shape index (κ2) is 7.41. The van der Waals surface area contributed by atoms with E-state index in [0.29, 0.717) is 11.6 Å². The largest absolute Gasteiger partial charge is 0.385 e. The summed E-state index contributed by atoms with van der Waals surface area (Å²) in [6, 6.07) is 1.25. The number of pyridine rings is 1. The smallest absolute Gasteiger partial charge is 0.166 e. The maximum atomic E-state index is 13.3. The van der Waals surface area contributed by atoms with Crippen LogP contribution < -0.4 is 5.32 Å². The Morgan fingerprint density at radius 3 is 2.94 bits per heavy atom. The summed E-state index contributed by atoms with van der Waals surface area (Å²) in [5.74, 6) is -0.152. The van der Waals surface area contributed by atoms with Crippen LogP contribution in [0.15, 0.2) is 12.3 Å². The predicted molar refractivity (Wildman–Crippen MR) is 63.4 cm³/mol. The lowest BCUT2D eigenvalue weighted by atomic mass is 10.2. The van der Waals surface area contributed by atoms with Gasteiger partial charge in [0.05, 0.1) is 5.02 Å². The molecule has 0 radical (unpaired) electrons. The molecule has 1 rings (SSSR count). The summed E-state index contributed by atoms with van der Waals surface area (Å²) >= 11 is 5.59. The first kappa shape index (κ1) is 13.2. The van der Waals surface area contributed by atoms with Crippen molar-refractivity contribution in [2.24, 2.45) is 0 Å². The number of rotatable bonds is 7. The Morgan fingerprint density at radius 2 is 2.25 bits per heavy atom. The van der Waals surface area contributed by atoms with Crippen molar-refractivity contribution in [3.63, 3.8) is 0 Å². The molecule has 1 aromatic rings. The predicted octanol–water partition coefficient (Wildman–Crippen LogP) is 3.10. The van der Waals surface area contributed by atoms with E-state index in [-0.39, 0.29) is 5.82 Å². The van der Waals surface area contributed by atoms with Crippen LogP contribution in [0, 0.1) is 5.82 Å². The quantitative estimate of drug-likeness (QED) is 0.751. The maximum absolute atomic E-state index is 13.3. The zero-order valence-electron chi connectivity index (χ0n) is 9.30. The molecule has 1 aromatic heterocycles. The number of methoxy groups -OCH3 is 1. The summed E-state index contributed by atoms with van der Waals surface area (Å²) in [4.78, 5) is 3.87. The van der Waals surface area contributed by atoms with Gasteiger partial charge in [0.2, 0.25) is 0 Å². The molecule has 0 spiro atoms. The third kappa shape index (κ3) is 4.77. The van der Waals surface area contributed by atoms with Gasteiger partial charge < -0.3 is 10.1 Å². The fourth-order valence-electron chi connectivity index (χ4n) is 1.30. The zero-order valence-corrected chi connectivity index (χ0v) is 10.1. The molecule has 0 aromatic carbocycles. The number of aromatic nitrogens is 1. The fraction of sp³-hybridized carbons (Fsp3) is 0.545. The summed E-state index contributed by atoms with van der Waals surface area (Å²) in [6.45, 7) is 1.48. The lowest BCUT2D eigenvalue weighted by Crippen LogP contribution is -2.05. The summed E-state index contributed by atoms with van der Waals surface area (Å²) in [6.07, 6.45) is 4.47. The van der Waals surface area contributed by atoms with Gasteiger partial charge in [-0.15, -0.1) is 0 Å². The molecule has 0 atom stereocenters. The van der Waals surface area contributed by atoms with Crippen molar-refractivity contribution in [2.75, 3.05) is 25.6 Å². The Bertz CT molecular complexity index is 323. The van der Waals surface area contributed by atoms with E-state index < -0.39 is 5.82 Å². The van der Waals surface area contributed by atoms with E-state index >= 15 is 0 Å². The standard InChI is InChI=1S/C11H16ClFN2O/c1-16-6-4-2-3-5-14-11-10(13)7-9(12)8-15-11/h7-8H,2-6H2,1H3,(H,14,15). The number of hydrogen-bond donors (Lipinski definition) is 1. The van der Waals surface area contributed by atoms with Crippen LogP contribution in [0.3, 0.4) is 0 Å². The van der Waals surface area contributed by atoms with E-state index in [9.17, 15) is 4.39 Å². The highest BCUT2D eigenvalue weighted by atomic mass is 35.5. The molecule has 1 heterocycles. The maximum Gasteiger partial charge on any atom is 0.166 e. The monoisotopic (exact) mass is 246 g/mol. The van der Waals surface area contributed by atoms with E-state index in [2.05, 4.69) is 10.3 Å². The highest BCUT2D eigenvalue weighted by molar-refractivity contribution is 6.30. The van der Waals surface area contributed by atoms with Gasteiger partial charge in [-0.2, -0.15) is 0 Å². The molecule has 0 bridgehead atoms. The van der Waals surface area contributed by atoms with Crippen LogP contribution in [0.2, 0.25) is 5.02 Å². The van der Waals surface area contributed by atoms with Gasteiger partial charge in [0.25, 0.3) is 0 Å². The normalized spacial score (nSPS) is 10.4. The lowest BCUT2D eigenvalue weighted by Gasteiger charge is -2.06. The average Bonchev–Trinajstić information content (AvgIpc) is 2.26. The first-order valence-corrected chi connectivity index (χ1v) is 5.65. The summed E-state index contributed by atoms with van der Waals surface area (Å²) in [5, 5.41) is 3.24. The van der Waals surface area contributed by atoms with Crippen LogP contribution in [-0.2, 0) is 4.74 Å². The van der Waals surface area contributed by atoms with Crippen molar-refractivity contribution < 1.29 is 9.13 Å². The Labute approximate surface area is 100.0 Å². The van der Waals surface area contributed by atoms with Gasteiger partial charge >= 0.3 is 0 Å². The minimum absolute atomic E-state index is 0.260. The molecule has 1 N–H and O–H groups in total. The molecule has 0 saturated heterocycles. The van der Waals surface area contributed by atoms with Crippen molar-refractivity contribution in [1.82, 2.24) is 4.98 Å². The second-order valence-electron chi connectivity index (χ2n) is 3.46. The van der Waals surface area contributed by atoms with Gasteiger partial charge in [-0.3, -0.25) is 0 Å². The van der Waals surface area contributed by atoms with Crippen LogP contribution >= 0.6 is 11.6 Å². The molecule has 3 nitrogen and oxygen atoms in total. The van der Waals surface area contributed by atoms with Gasteiger partial charge in [-0.05, 0) is 25.3 Å². The number of nitrogens with zero attached hydrogens (tertiary/aromatic N) is 1. The van der Waals surface area contributed by atoms with Crippen LogP contribution in [0.1, 0.15) is 19.3 Å². The van der Waals surface area contributed by atoms with Gasteiger partial charge in [0, 0.05) is 26.5 Å². The number of anilines is 1. The second-order valence-corrected chi connectivity index (χ2v) is 3.90. The van der Waals surface area contributed by atoms with Gasteiger partial charge in [0.15, 0.2) is 11.6 Å². The number of halogens is 2. The SMILES string of the molecule is COCCCCCNc1ncc(Cl)cc1F. The van der Waals surface area contributed by atoms with E-state index in [0.717, 1.165) is 25.9 Å². The highest BCUT2D eigenvalue weighted by Gasteiger charge is 2.02. The lowest BCUT2D eigenvalue weighted by molar-refractivity contribution is 0.192. The number of unbranched alkanes of at least 4 members (excludes halogenated alkanes) is 2. The van der Waals surface area contributed by atoms with Crippen molar-refractivity contribution in [2.45, 2.75) is 19.3 Å². The first-order chi connectivity index (χ1) is 7.74. The molecule has 0 unspecified atom stereocenters. The minimum atomic E-state index is -0.413. The molecule has 90 valence electrons. The molecule has 0 saturated carbocycles. The molecule has 0 aliphatic carbocycles. The molecule has 5 heteroatoms. The van der Waals surface area contributed by atoms with Crippen molar-refractivity contribution in [1.29, 1.82) is 0 Å². The molecular formula is C11H16ClFN2O. The molecule has 0 aliphatic rings. The van der Waals surface area contributed by atoms with E-state index in [1.807, 2.05) is 0 Å². The van der Waals surface area contributed by atoms with Crippen molar-refractivity contribution in [3.8, 4) is 0 Å². The van der Waals surface area contributed by atoms with E-state index in [4.69, 9.17) is 16.3 Å². The number of nitrogens with one attached hydrogen (secondary N) is 1. The summed E-state index contributed by atoms with van der Waals surface area (Å²) < 4.78 is 18.2. The minimum Gasteiger partial charge on any atom is -0.385 e. The zero-order chi connectivity index (χ0) is 11.8. The molecular weight excluding hydrogens is 231 g/mol. The van der Waals surface area contributed by atoms with Gasteiger partial charge in [0.1, 0.15) is 0 Å². The number of ether oxygens (including phenoxy) is 1. The summed E-state index contributed by atoms with van der Waals surface area (Å²) in [7, 11) is 1.69. The van der Waals surface area contributed by atoms with Crippen molar-refractivity contribution in [3.05, 3.63) is 23.1 Å². The van der Waals surface area contributed by atoms with E-state index in [1.165, 1.54) is 12.3 Å². The number of hydrogen-bond acceptors (Lipinski definition) is 3. The van der Waals surface area contributed by atoms with Crippen LogP contribution in [0.5, 0.6) is 0 Å². The van der Waals surface area contributed by atoms with E-state index in [1.54, 1.807) is 7.11 Å². The Hall–Kier alpha value is -0.870. The third-order valence-corrected chi connectivity index (χ3v) is 2.33. The first-order valence-electron chi connectivity index (χ1n) is 5.28. The molecule has 0 fully saturated rings. The van der Waals surface area contributed by atoms with Crippen LogP contribution in [0.4, 0.5) is 10.2 Å². The van der Waals surface area contributed by atoms with Gasteiger partial charge in [-0.25, -0.2) is 9.37 Å². The Kier molecular flexibility index (Phi) is 6.11.